The number of anilines is 1. The molecule has 0 unspecified atom stereocenters. The minimum atomic E-state index is -3.95. The van der Waals surface area contributed by atoms with Crippen LogP contribution in [0, 0.1) is 0 Å². The summed E-state index contributed by atoms with van der Waals surface area (Å²) >= 11 is 5.99. The van der Waals surface area contributed by atoms with Crippen molar-refractivity contribution in [2.24, 2.45) is 0 Å². The summed E-state index contributed by atoms with van der Waals surface area (Å²) in [7, 11) is -3.95. The minimum absolute atomic E-state index is 0.124. The lowest BCUT2D eigenvalue weighted by molar-refractivity contribution is 0.0713. The van der Waals surface area contributed by atoms with Crippen LogP contribution in [0.1, 0.15) is 10.6 Å². The summed E-state index contributed by atoms with van der Waals surface area (Å²) in [6, 6.07) is 18.2. The largest absolute Gasteiger partial charge is 0.459 e. The summed E-state index contributed by atoms with van der Waals surface area (Å²) in [6.45, 7) is 1.50. The number of piperazine rings is 1. The highest BCUT2D eigenvalue weighted by Crippen LogP contribution is 2.35. The molecule has 1 aliphatic rings. The molecule has 0 saturated carbocycles. The van der Waals surface area contributed by atoms with E-state index in [0.29, 0.717) is 36.8 Å². The van der Waals surface area contributed by atoms with Gasteiger partial charge in [0.15, 0.2) is 5.76 Å². The zero-order chi connectivity index (χ0) is 23.7. The SMILES string of the molecule is O=C(c1ccco1)N1CCN(c2oc(-c3ccc(Cl)cc3)nc2S(=O)(=O)c2ccccc2)CC1. The summed E-state index contributed by atoms with van der Waals surface area (Å²) in [6.07, 6.45) is 1.46. The highest BCUT2D eigenvalue weighted by atomic mass is 35.5. The molecule has 0 radical (unpaired) electrons. The zero-order valence-electron chi connectivity index (χ0n) is 17.9. The van der Waals surface area contributed by atoms with Gasteiger partial charge in [0, 0.05) is 36.8 Å². The first-order valence-electron chi connectivity index (χ1n) is 10.6. The first kappa shape index (κ1) is 22.2. The third-order valence-corrected chi connectivity index (χ3v) is 7.48. The Kier molecular flexibility index (Phi) is 5.89. The Morgan fingerprint density at radius 1 is 0.912 bits per heavy atom. The second-order valence-electron chi connectivity index (χ2n) is 7.71. The predicted molar refractivity (Wildman–Crippen MR) is 126 cm³/mol. The van der Waals surface area contributed by atoms with E-state index in [1.165, 1.54) is 18.4 Å². The molecule has 2 aromatic heterocycles. The molecule has 2 aromatic carbocycles. The highest BCUT2D eigenvalue weighted by Gasteiger charge is 2.33. The lowest BCUT2D eigenvalue weighted by Gasteiger charge is -2.34. The molecule has 0 bridgehead atoms. The normalized spacial score (nSPS) is 14.4. The van der Waals surface area contributed by atoms with Crippen molar-refractivity contribution in [3.63, 3.8) is 0 Å². The molecule has 1 saturated heterocycles. The van der Waals surface area contributed by atoms with Crippen molar-refractivity contribution in [3.05, 3.63) is 83.8 Å². The number of furan rings is 1. The van der Waals surface area contributed by atoms with Gasteiger partial charge in [0.05, 0.1) is 11.2 Å². The number of oxazole rings is 1. The van der Waals surface area contributed by atoms with Gasteiger partial charge in [0.25, 0.3) is 5.91 Å². The molecule has 10 heteroatoms. The number of amides is 1. The number of aromatic nitrogens is 1. The van der Waals surface area contributed by atoms with Gasteiger partial charge in [0.2, 0.25) is 26.6 Å². The number of rotatable bonds is 5. The third kappa shape index (κ3) is 4.20. The maximum Gasteiger partial charge on any atom is 0.289 e. The highest BCUT2D eigenvalue weighted by molar-refractivity contribution is 7.91. The van der Waals surface area contributed by atoms with E-state index in [9.17, 15) is 13.2 Å². The molecule has 3 heterocycles. The van der Waals surface area contributed by atoms with Crippen molar-refractivity contribution in [2.45, 2.75) is 9.92 Å². The summed E-state index contributed by atoms with van der Waals surface area (Å²) in [5.41, 5.74) is 0.604. The van der Waals surface area contributed by atoms with Crippen molar-refractivity contribution in [1.29, 1.82) is 0 Å². The lowest BCUT2D eigenvalue weighted by atomic mass is 10.2. The summed E-state index contributed by atoms with van der Waals surface area (Å²) in [5.74, 6) is 0.390. The van der Waals surface area contributed by atoms with E-state index >= 15 is 0 Å². The number of halogens is 1. The van der Waals surface area contributed by atoms with Gasteiger partial charge in [-0.2, -0.15) is 4.98 Å². The Hall–Kier alpha value is -3.56. The Balaban J connectivity index is 1.48. The molecule has 0 aliphatic carbocycles. The molecule has 4 aromatic rings. The Bertz CT molecular complexity index is 1390. The van der Waals surface area contributed by atoms with Crippen LogP contribution in [-0.2, 0) is 9.84 Å². The van der Waals surface area contributed by atoms with Gasteiger partial charge in [-0.05, 0) is 48.5 Å². The van der Waals surface area contributed by atoms with E-state index in [1.807, 2.05) is 0 Å². The smallest absolute Gasteiger partial charge is 0.289 e. The molecule has 0 spiro atoms. The second-order valence-corrected chi connectivity index (χ2v) is 10.0. The van der Waals surface area contributed by atoms with E-state index < -0.39 is 9.84 Å². The first-order valence-corrected chi connectivity index (χ1v) is 12.4. The first-order chi connectivity index (χ1) is 16.4. The predicted octanol–water partition coefficient (Wildman–Crippen LogP) is 4.38. The fourth-order valence-electron chi connectivity index (χ4n) is 3.77. The van der Waals surface area contributed by atoms with E-state index in [4.69, 9.17) is 20.4 Å². The topological polar surface area (TPSA) is 96.9 Å². The fraction of sp³-hybridized carbons (Fsp3) is 0.167. The standard InChI is InChI=1S/C24H20ClN3O5S/c25-18-10-8-17(9-11-18)21-26-22(34(30,31)19-5-2-1-3-6-19)24(33-21)28-14-12-27(13-15-28)23(29)20-7-4-16-32-20/h1-11,16H,12-15H2. The van der Waals surface area contributed by atoms with Crippen molar-refractivity contribution in [2.75, 3.05) is 31.1 Å². The third-order valence-electron chi connectivity index (χ3n) is 5.56. The Labute approximate surface area is 201 Å². The van der Waals surface area contributed by atoms with Crippen LogP contribution in [0.5, 0.6) is 0 Å². The van der Waals surface area contributed by atoms with Crippen LogP contribution in [0.4, 0.5) is 5.88 Å². The van der Waals surface area contributed by atoms with Gasteiger partial charge in [-0.25, -0.2) is 8.42 Å². The molecule has 174 valence electrons. The molecule has 5 rings (SSSR count). The van der Waals surface area contributed by atoms with Gasteiger partial charge in [-0.3, -0.25) is 4.79 Å². The number of carbonyl (C=O) groups excluding carboxylic acids is 1. The average molecular weight is 498 g/mol. The quantitative estimate of drug-likeness (QED) is 0.403. The number of hydrogen-bond donors (Lipinski definition) is 0. The van der Waals surface area contributed by atoms with Crippen LogP contribution in [0.15, 0.2) is 91.7 Å². The van der Waals surface area contributed by atoms with E-state index in [1.54, 1.807) is 64.4 Å². The zero-order valence-corrected chi connectivity index (χ0v) is 19.5. The molecular formula is C24H20ClN3O5S. The van der Waals surface area contributed by atoms with Gasteiger partial charge >= 0.3 is 0 Å². The number of benzene rings is 2. The molecule has 0 atom stereocenters. The maximum atomic E-state index is 13.5. The monoisotopic (exact) mass is 497 g/mol. The molecule has 1 fully saturated rings. The van der Waals surface area contributed by atoms with E-state index in [0.717, 1.165) is 0 Å². The van der Waals surface area contributed by atoms with Crippen molar-refractivity contribution in [3.8, 4) is 11.5 Å². The lowest BCUT2D eigenvalue weighted by Crippen LogP contribution is -2.49. The molecular weight excluding hydrogens is 478 g/mol. The Morgan fingerprint density at radius 2 is 1.62 bits per heavy atom. The van der Waals surface area contributed by atoms with E-state index in [-0.39, 0.29) is 33.4 Å². The number of sulfone groups is 1. The molecule has 34 heavy (non-hydrogen) atoms. The van der Waals surface area contributed by atoms with Gasteiger partial charge in [-0.1, -0.05) is 29.8 Å². The van der Waals surface area contributed by atoms with Crippen molar-refractivity contribution in [1.82, 2.24) is 9.88 Å². The molecule has 8 nitrogen and oxygen atoms in total. The number of nitrogens with zero attached hydrogens (tertiary/aromatic N) is 3. The summed E-state index contributed by atoms with van der Waals surface area (Å²) in [4.78, 5) is 20.6. The molecule has 1 aliphatic heterocycles. The summed E-state index contributed by atoms with van der Waals surface area (Å²) in [5, 5.41) is 0.388. The van der Waals surface area contributed by atoms with Gasteiger partial charge in [-0.15, -0.1) is 0 Å². The maximum absolute atomic E-state index is 13.5. The Morgan fingerprint density at radius 3 is 2.26 bits per heavy atom. The fourth-order valence-corrected chi connectivity index (χ4v) is 5.24. The second kappa shape index (κ2) is 9.00. The molecule has 1 amide bonds. The minimum Gasteiger partial charge on any atom is -0.459 e. The van der Waals surface area contributed by atoms with E-state index in [2.05, 4.69) is 4.98 Å². The van der Waals surface area contributed by atoms with Gasteiger partial charge < -0.3 is 18.6 Å². The van der Waals surface area contributed by atoms with Crippen LogP contribution in [0.3, 0.4) is 0 Å². The average Bonchev–Trinajstić information content (AvgIpc) is 3.56. The van der Waals surface area contributed by atoms with Crippen LogP contribution in [0.25, 0.3) is 11.5 Å². The van der Waals surface area contributed by atoms with Crippen LogP contribution in [-0.4, -0.2) is 50.4 Å². The van der Waals surface area contributed by atoms with Crippen molar-refractivity contribution < 1.29 is 22.0 Å². The number of hydrogen-bond acceptors (Lipinski definition) is 7. The summed E-state index contributed by atoms with van der Waals surface area (Å²) < 4.78 is 38.2. The van der Waals surface area contributed by atoms with Crippen LogP contribution in [0.2, 0.25) is 5.02 Å². The van der Waals surface area contributed by atoms with Crippen LogP contribution < -0.4 is 4.90 Å². The van der Waals surface area contributed by atoms with Crippen LogP contribution >= 0.6 is 11.6 Å². The number of carbonyl (C=O) groups is 1. The van der Waals surface area contributed by atoms with Gasteiger partial charge in [0.1, 0.15) is 0 Å². The molecule has 0 N–H and O–H groups in total. The van der Waals surface area contributed by atoms with Crippen molar-refractivity contribution >= 4 is 33.2 Å².